The van der Waals surface area contributed by atoms with E-state index in [1.165, 1.54) is 0 Å². The number of para-hydroxylation sites is 1. The summed E-state index contributed by atoms with van der Waals surface area (Å²) < 4.78 is 16.0. The summed E-state index contributed by atoms with van der Waals surface area (Å²) in [5.41, 5.74) is 1.35. The number of nitrogens with zero attached hydrogens (tertiary/aromatic N) is 2. The van der Waals surface area contributed by atoms with Crippen molar-refractivity contribution in [1.29, 1.82) is 0 Å². The summed E-state index contributed by atoms with van der Waals surface area (Å²) in [6.45, 7) is 0.898. The molecule has 1 heterocycles. The van der Waals surface area contributed by atoms with Gasteiger partial charge in [-0.3, -0.25) is 4.79 Å². The third-order valence-electron chi connectivity index (χ3n) is 3.95. The average molecular weight is 340 g/mol. The van der Waals surface area contributed by atoms with Gasteiger partial charge in [-0.2, -0.15) is 0 Å². The molecule has 0 aliphatic heterocycles. The Morgan fingerprint density at radius 2 is 1.84 bits per heavy atom. The monoisotopic (exact) mass is 340 g/mol. The van der Waals surface area contributed by atoms with Crippen molar-refractivity contribution in [2.24, 2.45) is 0 Å². The van der Waals surface area contributed by atoms with Crippen molar-refractivity contribution >= 4 is 16.9 Å². The molecule has 130 valence electrons. The minimum Gasteiger partial charge on any atom is -0.497 e. The summed E-state index contributed by atoms with van der Waals surface area (Å²) in [6.07, 6.45) is 0.204. The maximum absolute atomic E-state index is 12.4. The van der Waals surface area contributed by atoms with Gasteiger partial charge in [0.25, 0.3) is 0 Å². The normalized spacial score (nSPS) is 10.6. The molecule has 0 saturated heterocycles. The highest BCUT2D eigenvalue weighted by Crippen LogP contribution is 2.19. The summed E-state index contributed by atoms with van der Waals surface area (Å²) in [5.74, 6) is 1.49. The first-order valence-electron chi connectivity index (χ1n) is 8.01. The van der Waals surface area contributed by atoms with Crippen LogP contribution in [0.25, 0.3) is 11.0 Å². The molecule has 3 aromatic rings. The second-order valence-electron chi connectivity index (χ2n) is 5.64. The molecule has 0 unspecified atom stereocenters. The lowest BCUT2D eigenvalue weighted by Gasteiger charge is -2.17. The standard InChI is InChI=1S/C19H20N2O4/c1-21(11-12-24-15-9-7-14(23-2)8-10-15)19(22)13-17-16-5-3-4-6-18(16)25-20-17/h3-10H,11-13H2,1-2H3. The van der Waals surface area contributed by atoms with Gasteiger partial charge in [-0.05, 0) is 36.4 Å². The van der Waals surface area contributed by atoms with Gasteiger partial charge in [-0.15, -0.1) is 0 Å². The Morgan fingerprint density at radius 3 is 2.60 bits per heavy atom. The van der Waals surface area contributed by atoms with E-state index in [0.29, 0.717) is 24.4 Å². The van der Waals surface area contributed by atoms with Crippen LogP contribution in [0.4, 0.5) is 0 Å². The van der Waals surface area contributed by atoms with Gasteiger partial charge in [0.15, 0.2) is 5.58 Å². The number of methoxy groups -OCH3 is 1. The molecule has 0 N–H and O–H groups in total. The van der Waals surface area contributed by atoms with E-state index in [1.807, 2.05) is 48.5 Å². The predicted octanol–water partition coefficient (Wildman–Crippen LogP) is 2.92. The van der Waals surface area contributed by atoms with Crippen LogP contribution in [-0.4, -0.2) is 43.3 Å². The minimum absolute atomic E-state index is 0.0302. The van der Waals surface area contributed by atoms with Gasteiger partial charge < -0.3 is 18.9 Å². The molecule has 0 saturated carbocycles. The predicted molar refractivity (Wildman–Crippen MR) is 93.8 cm³/mol. The number of carbonyl (C=O) groups is 1. The van der Waals surface area contributed by atoms with Gasteiger partial charge >= 0.3 is 0 Å². The number of rotatable bonds is 7. The number of aromatic nitrogens is 1. The Hall–Kier alpha value is -3.02. The quantitative estimate of drug-likeness (QED) is 0.662. The number of carbonyl (C=O) groups excluding carboxylic acids is 1. The molecule has 6 nitrogen and oxygen atoms in total. The molecule has 3 rings (SSSR count). The van der Waals surface area contributed by atoms with Crippen LogP contribution in [-0.2, 0) is 11.2 Å². The van der Waals surface area contributed by atoms with Crippen molar-refractivity contribution in [2.75, 3.05) is 27.3 Å². The Bertz CT molecular complexity index is 842. The highest BCUT2D eigenvalue weighted by molar-refractivity contribution is 5.86. The van der Waals surface area contributed by atoms with E-state index in [4.69, 9.17) is 14.0 Å². The minimum atomic E-state index is -0.0302. The van der Waals surface area contributed by atoms with E-state index in [9.17, 15) is 4.79 Å². The van der Waals surface area contributed by atoms with E-state index in [0.717, 1.165) is 16.9 Å². The van der Waals surface area contributed by atoms with Crippen molar-refractivity contribution in [3.63, 3.8) is 0 Å². The lowest BCUT2D eigenvalue weighted by Crippen LogP contribution is -2.32. The van der Waals surface area contributed by atoms with Crippen LogP contribution in [0, 0.1) is 0 Å². The van der Waals surface area contributed by atoms with Crippen molar-refractivity contribution in [3.8, 4) is 11.5 Å². The molecule has 0 bridgehead atoms. The molecule has 0 atom stereocenters. The highest BCUT2D eigenvalue weighted by atomic mass is 16.5. The van der Waals surface area contributed by atoms with Crippen LogP contribution in [0.2, 0.25) is 0 Å². The first-order chi connectivity index (χ1) is 12.2. The van der Waals surface area contributed by atoms with Crippen molar-refractivity contribution in [1.82, 2.24) is 10.1 Å². The van der Waals surface area contributed by atoms with E-state index in [2.05, 4.69) is 5.16 Å². The molecule has 0 fully saturated rings. The van der Waals surface area contributed by atoms with Gasteiger partial charge in [0.05, 0.1) is 20.1 Å². The van der Waals surface area contributed by atoms with E-state index in [1.54, 1.807) is 19.1 Å². The second-order valence-corrected chi connectivity index (χ2v) is 5.64. The summed E-state index contributed by atoms with van der Waals surface area (Å²) in [7, 11) is 3.37. The van der Waals surface area contributed by atoms with E-state index in [-0.39, 0.29) is 12.3 Å². The number of amides is 1. The largest absolute Gasteiger partial charge is 0.497 e. The number of ether oxygens (including phenoxy) is 2. The first-order valence-corrected chi connectivity index (χ1v) is 8.01. The van der Waals surface area contributed by atoms with Crippen LogP contribution in [0.5, 0.6) is 11.5 Å². The van der Waals surface area contributed by atoms with Gasteiger partial charge in [0.2, 0.25) is 5.91 Å². The Labute approximate surface area is 145 Å². The Morgan fingerprint density at radius 1 is 1.12 bits per heavy atom. The third-order valence-corrected chi connectivity index (χ3v) is 3.95. The molecule has 0 spiro atoms. The third kappa shape index (κ3) is 4.09. The lowest BCUT2D eigenvalue weighted by molar-refractivity contribution is -0.129. The molecule has 25 heavy (non-hydrogen) atoms. The SMILES string of the molecule is COc1ccc(OCCN(C)C(=O)Cc2noc3ccccc23)cc1. The van der Waals surface area contributed by atoms with Gasteiger partial charge in [0, 0.05) is 12.4 Å². The zero-order valence-electron chi connectivity index (χ0n) is 14.3. The summed E-state index contributed by atoms with van der Waals surface area (Å²) in [6, 6.07) is 14.9. The summed E-state index contributed by atoms with van der Waals surface area (Å²) in [5, 5.41) is 4.87. The molecular formula is C19H20N2O4. The fraction of sp³-hybridized carbons (Fsp3) is 0.263. The average Bonchev–Trinajstić information content (AvgIpc) is 3.05. The number of likely N-dealkylation sites (N-methyl/N-ethyl adjacent to an activating group) is 1. The number of hydrogen-bond acceptors (Lipinski definition) is 5. The smallest absolute Gasteiger partial charge is 0.228 e. The molecule has 1 aromatic heterocycles. The summed E-state index contributed by atoms with van der Waals surface area (Å²) in [4.78, 5) is 14.0. The zero-order valence-corrected chi connectivity index (χ0v) is 14.3. The van der Waals surface area contributed by atoms with Crippen LogP contribution in [0.1, 0.15) is 5.69 Å². The number of fused-ring (bicyclic) bond motifs is 1. The van der Waals surface area contributed by atoms with Gasteiger partial charge in [0.1, 0.15) is 23.8 Å². The van der Waals surface area contributed by atoms with E-state index < -0.39 is 0 Å². The van der Waals surface area contributed by atoms with Crippen LogP contribution in [0.3, 0.4) is 0 Å². The fourth-order valence-corrected chi connectivity index (χ4v) is 2.44. The maximum atomic E-state index is 12.4. The van der Waals surface area contributed by atoms with Gasteiger partial charge in [-0.25, -0.2) is 0 Å². The molecule has 6 heteroatoms. The van der Waals surface area contributed by atoms with Gasteiger partial charge in [-0.1, -0.05) is 17.3 Å². The topological polar surface area (TPSA) is 64.8 Å². The number of hydrogen-bond donors (Lipinski definition) is 0. The van der Waals surface area contributed by atoms with Crippen LogP contribution in [0.15, 0.2) is 53.1 Å². The highest BCUT2D eigenvalue weighted by Gasteiger charge is 2.15. The second kappa shape index (κ2) is 7.70. The zero-order chi connectivity index (χ0) is 17.6. The molecule has 2 aromatic carbocycles. The van der Waals surface area contributed by atoms with Crippen LogP contribution >= 0.6 is 0 Å². The van der Waals surface area contributed by atoms with E-state index >= 15 is 0 Å². The van der Waals surface area contributed by atoms with Crippen molar-refractivity contribution in [3.05, 3.63) is 54.2 Å². The Kier molecular flexibility index (Phi) is 5.18. The lowest BCUT2D eigenvalue weighted by atomic mass is 10.1. The molecule has 0 aliphatic carbocycles. The fourth-order valence-electron chi connectivity index (χ4n) is 2.44. The van der Waals surface area contributed by atoms with Crippen molar-refractivity contribution < 1.29 is 18.8 Å². The molecule has 0 radical (unpaired) electrons. The molecule has 1 amide bonds. The van der Waals surface area contributed by atoms with Crippen LogP contribution < -0.4 is 9.47 Å². The first kappa shape index (κ1) is 16.8. The Balaban J connectivity index is 1.50. The number of benzene rings is 2. The van der Waals surface area contributed by atoms with Crippen molar-refractivity contribution in [2.45, 2.75) is 6.42 Å². The molecular weight excluding hydrogens is 320 g/mol. The molecule has 0 aliphatic rings. The summed E-state index contributed by atoms with van der Waals surface area (Å²) >= 11 is 0. The maximum Gasteiger partial charge on any atom is 0.228 e.